The summed E-state index contributed by atoms with van der Waals surface area (Å²) < 4.78 is 10.5. The zero-order chi connectivity index (χ0) is 13.6. The smallest absolute Gasteiger partial charge is 0.191 e. The Labute approximate surface area is 109 Å². The minimum Gasteiger partial charge on any atom is -0.394 e. The van der Waals surface area contributed by atoms with Crippen molar-refractivity contribution in [3.63, 3.8) is 0 Å². The number of hydrogen-bond donors (Lipinski definition) is 2. The van der Waals surface area contributed by atoms with Crippen LogP contribution in [0.1, 0.15) is 39.5 Å². The Kier molecular flexibility index (Phi) is 13.0. The standard InChI is InChI=1S/C12H26O6/c1-3-5-11(15-9-7-13)17-18-12(6-4-2)16-10-8-14/h11-14H,3-10H2,1-2H3. The lowest BCUT2D eigenvalue weighted by Gasteiger charge is -2.21. The van der Waals surface area contributed by atoms with E-state index in [1.54, 1.807) is 0 Å². The number of aliphatic hydroxyl groups is 2. The Hall–Kier alpha value is -0.240. The van der Waals surface area contributed by atoms with Gasteiger partial charge in [0.2, 0.25) is 0 Å². The molecule has 110 valence electrons. The van der Waals surface area contributed by atoms with Crippen LogP contribution in [0.25, 0.3) is 0 Å². The average molecular weight is 266 g/mol. The van der Waals surface area contributed by atoms with E-state index in [9.17, 15) is 0 Å². The summed E-state index contributed by atoms with van der Waals surface area (Å²) in [6.45, 7) is 4.33. The van der Waals surface area contributed by atoms with Crippen LogP contribution >= 0.6 is 0 Å². The van der Waals surface area contributed by atoms with Crippen LogP contribution in [0.2, 0.25) is 0 Å². The van der Waals surface area contributed by atoms with Gasteiger partial charge in [0.15, 0.2) is 12.6 Å². The van der Waals surface area contributed by atoms with Crippen LogP contribution in [-0.4, -0.2) is 49.2 Å². The SMILES string of the molecule is CCCC(OCCO)OOC(CCC)OCCO. The van der Waals surface area contributed by atoms with Crippen LogP contribution in [0.3, 0.4) is 0 Å². The minimum atomic E-state index is -0.501. The maximum atomic E-state index is 8.69. The van der Waals surface area contributed by atoms with Crippen molar-refractivity contribution in [2.75, 3.05) is 26.4 Å². The molecule has 2 N–H and O–H groups in total. The normalized spacial score (nSPS) is 14.7. The molecule has 18 heavy (non-hydrogen) atoms. The molecule has 2 unspecified atom stereocenters. The molecule has 0 aromatic heterocycles. The van der Waals surface area contributed by atoms with Crippen LogP contribution in [0.5, 0.6) is 0 Å². The predicted octanol–water partition coefficient (Wildman–Crippen LogP) is 1.20. The van der Waals surface area contributed by atoms with Crippen LogP contribution < -0.4 is 0 Å². The molecule has 0 aromatic rings. The highest BCUT2D eigenvalue weighted by Gasteiger charge is 2.15. The first-order valence-corrected chi connectivity index (χ1v) is 6.55. The summed E-state index contributed by atoms with van der Waals surface area (Å²) >= 11 is 0. The Balaban J connectivity index is 3.92. The summed E-state index contributed by atoms with van der Waals surface area (Å²) in [5.74, 6) is 0. The van der Waals surface area contributed by atoms with Gasteiger partial charge in [-0.3, -0.25) is 0 Å². The molecule has 0 aliphatic carbocycles. The quantitative estimate of drug-likeness (QED) is 0.296. The van der Waals surface area contributed by atoms with E-state index in [-0.39, 0.29) is 26.4 Å². The van der Waals surface area contributed by atoms with Crippen molar-refractivity contribution < 1.29 is 29.5 Å². The van der Waals surface area contributed by atoms with Gasteiger partial charge >= 0.3 is 0 Å². The van der Waals surface area contributed by atoms with Crippen molar-refractivity contribution in [3.05, 3.63) is 0 Å². The van der Waals surface area contributed by atoms with Gasteiger partial charge in [-0.1, -0.05) is 26.7 Å². The molecule has 0 aliphatic heterocycles. The second kappa shape index (κ2) is 13.2. The lowest BCUT2D eigenvalue weighted by atomic mass is 10.3. The molecule has 0 spiro atoms. The first-order chi connectivity index (χ1) is 8.78. The highest BCUT2D eigenvalue weighted by Crippen LogP contribution is 2.10. The molecule has 0 aliphatic rings. The Morgan fingerprint density at radius 3 is 1.44 bits per heavy atom. The summed E-state index contributed by atoms with van der Waals surface area (Å²) in [5.41, 5.74) is 0. The van der Waals surface area contributed by atoms with Gasteiger partial charge in [-0.05, 0) is 0 Å². The fraction of sp³-hybridized carbons (Fsp3) is 1.00. The van der Waals surface area contributed by atoms with Crippen molar-refractivity contribution in [1.82, 2.24) is 0 Å². The molecular weight excluding hydrogens is 240 g/mol. The van der Waals surface area contributed by atoms with E-state index in [4.69, 9.17) is 29.5 Å². The van der Waals surface area contributed by atoms with Gasteiger partial charge in [-0.25, -0.2) is 9.78 Å². The van der Waals surface area contributed by atoms with Crippen molar-refractivity contribution in [2.24, 2.45) is 0 Å². The lowest BCUT2D eigenvalue weighted by molar-refractivity contribution is -0.436. The third kappa shape index (κ3) is 9.76. The van der Waals surface area contributed by atoms with Crippen molar-refractivity contribution >= 4 is 0 Å². The highest BCUT2D eigenvalue weighted by atomic mass is 17.2. The molecule has 0 aromatic carbocycles. The molecule has 0 amide bonds. The summed E-state index contributed by atoms with van der Waals surface area (Å²) in [6, 6.07) is 0. The number of aliphatic hydroxyl groups excluding tert-OH is 2. The molecule has 0 bridgehead atoms. The second-order valence-electron chi connectivity index (χ2n) is 3.82. The summed E-state index contributed by atoms with van der Waals surface area (Å²) in [6.07, 6.45) is 2.13. The summed E-state index contributed by atoms with van der Waals surface area (Å²) in [7, 11) is 0. The van der Waals surface area contributed by atoms with Crippen LogP contribution in [-0.2, 0) is 19.2 Å². The number of rotatable bonds is 13. The first kappa shape index (κ1) is 17.8. The summed E-state index contributed by atoms with van der Waals surface area (Å²) in [5, 5.41) is 17.4. The molecule has 0 saturated heterocycles. The van der Waals surface area contributed by atoms with E-state index in [2.05, 4.69) is 0 Å². The number of hydrogen-bond acceptors (Lipinski definition) is 6. The van der Waals surface area contributed by atoms with Gasteiger partial charge in [0, 0.05) is 12.8 Å². The molecular formula is C12H26O6. The van der Waals surface area contributed by atoms with Crippen LogP contribution in [0, 0.1) is 0 Å². The van der Waals surface area contributed by atoms with Gasteiger partial charge in [0.25, 0.3) is 0 Å². The molecule has 6 nitrogen and oxygen atoms in total. The third-order valence-corrected chi connectivity index (χ3v) is 2.11. The van der Waals surface area contributed by atoms with Crippen molar-refractivity contribution in [2.45, 2.75) is 52.1 Å². The summed E-state index contributed by atoms with van der Waals surface area (Å²) in [4.78, 5) is 10.3. The largest absolute Gasteiger partial charge is 0.394 e. The van der Waals surface area contributed by atoms with Crippen molar-refractivity contribution in [1.29, 1.82) is 0 Å². The van der Waals surface area contributed by atoms with E-state index in [0.29, 0.717) is 12.8 Å². The van der Waals surface area contributed by atoms with E-state index in [1.165, 1.54) is 0 Å². The molecule has 2 atom stereocenters. The van der Waals surface area contributed by atoms with Crippen molar-refractivity contribution in [3.8, 4) is 0 Å². The number of ether oxygens (including phenoxy) is 2. The van der Waals surface area contributed by atoms with Gasteiger partial charge in [0.05, 0.1) is 26.4 Å². The molecule has 0 saturated carbocycles. The van der Waals surface area contributed by atoms with Gasteiger partial charge in [-0.2, -0.15) is 0 Å². The maximum Gasteiger partial charge on any atom is 0.191 e. The molecule has 0 radical (unpaired) electrons. The van der Waals surface area contributed by atoms with E-state index >= 15 is 0 Å². The molecule has 0 rings (SSSR count). The van der Waals surface area contributed by atoms with Crippen LogP contribution in [0.4, 0.5) is 0 Å². The predicted molar refractivity (Wildman–Crippen MR) is 65.6 cm³/mol. The Morgan fingerprint density at radius 2 is 1.17 bits per heavy atom. The van der Waals surface area contributed by atoms with Gasteiger partial charge in [-0.15, -0.1) is 0 Å². The van der Waals surface area contributed by atoms with E-state index in [1.807, 2.05) is 13.8 Å². The molecule has 0 heterocycles. The van der Waals surface area contributed by atoms with E-state index < -0.39 is 12.6 Å². The van der Waals surface area contributed by atoms with Gasteiger partial charge < -0.3 is 19.7 Å². The minimum absolute atomic E-state index is 0.0526. The second-order valence-corrected chi connectivity index (χ2v) is 3.82. The Bertz CT molecular complexity index is 149. The maximum absolute atomic E-state index is 8.69. The van der Waals surface area contributed by atoms with Gasteiger partial charge in [0.1, 0.15) is 0 Å². The monoisotopic (exact) mass is 266 g/mol. The van der Waals surface area contributed by atoms with E-state index in [0.717, 1.165) is 12.8 Å². The highest BCUT2D eigenvalue weighted by molar-refractivity contribution is 4.44. The average Bonchev–Trinajstić information content (AvgIpc) is 2.38. The fourth-order valence-corrected chi connectivity index (χ4v) is 1.28. The zero-order valence-electron chi connectivity index (χ0n) is 11.3. The Morgan fingerprint density at radius 1 is 0.778 bits per heavy atom. The molecule has 0 fully saturated rings. The first-order valence-electron chi connectivity index (χ1n) is 6.55. The third-order valence-electron chi connectivity index (χ3n) is 2.11. The topological polar surface area (TPSA) is 77.4 Å². The lowest BCUT2D eigenvalue weighted by Crippen LogP contribution is -2.25. The fourth-order valence-electron chi connectivity index (χ4n) is 1.28. The van der Waals surface area contributed by atoms with Crippen LogP contribution in [0.15, 0.2) is 0 Å². The molecule has 6 heteroatoms. The zero-order valence-corrected chi connectivity index (χ0v) is 11.3.